The maximum Gasteiger partial charge on any atom is 0.122 e. The lowest BCUT2D eigenvalue weighted by Gasteiger charge is -2.08. The summed E-state index contributed by atoms with van der Waals surface area (Å²) < 4.78 is 18.5. The van der Waals surface area contributed by atoms with Crippen LogP contribution in [-0.2, 0) is 12.8 Å². The molecule has 0 N–H and O–H groups in total. The monoisotopic (exact) mass is 327 g/mol. The molecule has 0 radical (unpaired) electrons. The molecule has 0 bridgehead atoms. The van der Waals surface area contributed by atoms with Gasteiger partial charge < -0.3 is 0 Å². The number of rotatable bonds is 6. The van der Waals surface area contributed by atoms with Crippen molar-refractivity contribution in [3.8, 4) is 11.3 Å². The van der Waals surface area contributed by atoms with Gasteiger partial charge in [0, 0.05) is 16.9 Å². The Bertz CT molecular complexity index is 738. The van der Waals surface area contributed by atoms with E-state index in [1.807, 2.05) is 18.2 Å². The Labute approximate surface area is 142 Å². The fourth-order valence-corrected chi connectivity index (χ4v) is 3.56. The normalized spacial score (nSPS) is 13.0. The lowest BCUT2D eigenvalue weighted by Crippen LogP contribution is -1.95. The standard InChI is InChI=1S/C20H22FNS/c1-5-15(14(4)18(21)7-3)13-19-17(6-2)20(22-23-19)16-11-9-8-10-12-16/h5,7-12H,1,6,13H2,2-4H3/b15-14+,18-7+. The number of nitrogens with zero attached hydrogens (tertiary/aromatic N) is 1. The molecule has 3 heteroatoms. The summed E-state index contributed by atoms with van der Waals surface area (Å²) in [6, 6.07) is 10.2. The summed E-state index contributed by atoms with van der Waals surface area (Å²) in [4.78, 5) is 1.18. The summed E-state index contributed by atoms with van der Waals surface area (Å²) in [5.74, 6) is -0.189. The highest BCUT2D eigenvalue weighted by atomic mass is 32.1. The molecule has 0 atom stereocenters. The molecule has 0 amide bonds. The van der Waals surface area contributed by atoms with Crippen LogP contribution in [-0.4, -0.2) is 4.37 Å². The van der Waals surface area contributed by atoms with Gasteiger partial charge >= 0.3 is 0 Å². The molecule has 0 saturated carbocycles. The van der Waals surface area contributed by atoms with E-state index in [1.165, 1.54) is 28.0 Å². The second-order valence-corrected chi connectivity index (χ2v) is 6.18. The van der Waals surface area contributed by atoms with Crippen LogP contribution in [0.2, 0.25) is 0 Å². The van der Waals surface area contributed by atoms with Gasteiger partial charge in [-0.1, -0.05) is 56.0 Å². The summed E-state index contributed by atoms with van der Waals surface area (Å²) in [6.45, 7) is 9.49. The number of hydrogen-bond donors (Lipinski definition) is 0. The van der Waals surface area contributed by atoms with Crippen LogP contribution in [0.15, 0.2) is 66.0 Å². The van der Waals surface area contributed by atoms with E-state index in [2.05, 4.69) is 30.0 Å². The average molecular weight is 327 g/mol. The van der Waals surface area contributed by atoms with Gasteiger partial charge in [-0.25, -0.2) is 4.39 Å². The van der Waals surface area contributed by atoms with E-state index in [9.17, 15) is 4.39 Å². The molecule has 0 aliphatic rings. The predicted octanol–water partition coefficient (Wildman–Crippen LogP) is 6.29. The Kier molecular flexibility index (Phi) is 6.05. The first-order valence-corrected chi connectivity index (χ1v) is 8.56. The van der Waals surface area contributed by atoms with Crippen LogP contribution in [0.25, 0.3) is 11.3 Å². The molecule has 0 saturated heterocycles. The Balaban J connectivity index is 2.42. The number of aromatic nitrogens is 1. The highest BCUT2D eigenvalue weighted by molar-refractivity contribution is 7.06. The average Bonchev–Trinajstić information content (AvgIpc) is 3.01. The minimum absolute atomic E-state index is 0.189. The second-order valence-electron chi connectivity index (χ2n) is 5.32. The van der Waals surface area contributed by atoms with E-state index in [1.54, 1.807) is 19.9 Å². The molecule has 1 aromatic heterocycles. The van der Waals surface area contributed by atoms with E-state index in [0.717, 1.165) is 23.3 Å². The van der Waals surface area contributed by atoms with Crippen molar-refractivity contribution in [2.24, 2.45) is 0 Å². The van der Waals surface area contributed by atoms with Gasteiger partial charge in [0.1, 0.15) is 5.83 Å². The summed E-state index contributed by atoms with van der Waals surface area (Å²) in [5, 5.41) is 0. The first-order chi connectivity index (χ1) is 11.1. The lowest BCUT2D eigenvalue weighted by atomic mass is 9.98. The third-order valence-electron chi connectivity index (χ3n) is 3.96. The Morgan fingerprint density at radius 1 is 1.30 bits per heavy atom. The van der Waals surface area contributed by atoms with Gasteiger partial charge in [0.05, 0.1) is 5.69 Å². The number of benzene rings is 1. The molecule has 23 heavy (non-hydrogen) atoms. The highest BCUT2D eigenvalue weighted by Gasteiger charge is 2.15. The van der Waals surface area contributed by atoms with Gasteiger partial charge in [0.25, 0.3) is 0 Å². The molecule has 1 heterocycles. The zero-order valence-corrected chi connectivity index (χ0v) is 14.7. The fourth-order valence-electron chi connectivity index (χ4n) is 2.57. The molecule has 1 nitrogen and oxygen atoms in total. The van der Waals surface area contributed by atoms with Gasteiger partial charge in [0.15, 0.2) is 0 Å². The van der Waals surface area contributed by atoms with Crippen LogP contribution in [0.1, 0.15) is 31.2 Å². The molecule has 0 aliphatic heterocycles. The molecule has 2 rings (SSSR count). The maximum atomic E-state index is 13.9. The largest absolute Gasteiger partial charge is 0.207 e. The summed E-state index contributed by atoms with van der Waals surface area (Å²) in [7, 11) is 0. The van der Waals surface area contributed by atoms with Crippen LogP contribution in [0, 0.1) is 0 Å². The summed E-state index contributed by atoms with van der Waals surface area (Å²) in [5.41, 5.74) is 4.99. The lowest BCUT2D eigenvalue weighted by molar-refractivity contribution is 0.646. The molecule has 0 fully saturated rings. The highest BCUT2D eigenvalue weighted by Crippen LogP contribution is 2.31. The fraction of sp³-hybridized carbons (Fsp3) is 0.250. The van der Waals surface area contributed by atoms with Crippen LogP contribution in [0.5, 0.6) is 0 Å². The molecule has 0 unspecified atom stereocenters. The molecular formula is C20H22FNS. The Morgan fingerprint density at radius 3 is 2.57 bits per heavy atom. The molecule has 2 aromatic rings. The topological polar surface area (TPSA) is 12.9 Å². The van der Waals surface area contributed by atoms with Crippen molar-refractivity contribution in [3.05, 3.63) is 76.5 Å². The minimum atomic E-state index is -0.189. The van der Waals surface area contributed by atoms with E-state index in [4.69, 9.17) is 0 Å². The third kappa shape index (κ3) is 3.85. The zero-order chi connectivity index (χ0) is 16.8. The van der Waals surface area contributed by atoms with Crippen molar-refractivity contribution in [2.45, 2.75) is 33.6 Å². The van der Waals surface area contributed by atoms with Gasteiger partial charge in [-0.15, -0.1) is 0 Å². The smallest absolute Gasteiger partial charge is 0.122 e. The van der Waals surface area contributed by atoms with Crippen molar-refractivity contribution in [1.29, 1.82) is 0 Å². The zero-order valence-electron chi connectivity index (χ0n) is 13.9. The van der Waals surface area contributed by atoms with Crippen LogP contribution in [0.3, 0.4) is 0 Å². The molecule has 1 aromatic carbocycles. The second kappa shape index (κ2) is 8.02. The summed E-state index contributed by atoms with van der Waals surface area (Å²) in [6.07, 6.45) is 4.82. The SMILES string of the molecule is C=C/C(Cc1snc(-c2ccccc2)c1CC)=C(C)\C(F)=C/C. The van der Waals surface area contributed by atoms with Gasteiger partial charge in [-0.3, -0.25) is 0 Å². The number of allylic oxidation sites excluding steroid dienone is 5. The Morgan fingerprint density at radius 2 is 2.00 bits per heavy atom. The number of halogens is 1. The molecular weight excluding hydrogens is 305 g/mol. The van der Waals surface area contributed by atoms with Crippen LogP contribution < -0.4 is 0 Å². The molecule has 120 valence electrons. The Hall–Kier alpha value is -2.00. The minimum Gasteiger partial charge on any atom is -0.207 e. The van der Waals surface area contributed by atoms with Crippen molar-refractivity contribution >= 4 is 11.5 Å². The van der Waals surface area contributed by atoms with Gasteiger partial charge in [-0.2, -0.15) is 4.37 Å². The van der Waals surface area contributed by atoms with Crippen molar-refractivity contribution in [3.63, 3.8) is 0 Å². The first kappa shape index (κ1) is 17.4. The van der Waals surface area contributed by atoms with Crippen molar-refractivity contribution < 1.29 is 4.39 Å². The van der Waals surface area contributed by atoms with Gasteiger partial charge in [0.2, 0.25) is 0 Å². The molecule has 0 spiro atoms. The van der Waals surface area contributed by atoms with E-state index in [-0.39, 0.29) is 5.83 Å². The van der Waals surface area contributed by atoms with Crippen molar-refractivity contribution in [1.82, 2.24) is 4.37 Å². The molecule has 0 aliphatic carbocycles. The quantitative estimate of drug-likeness (QED) is 0.568. The van der Waals surface area contributed by atoms with Crippen LogP contribution in [0.4, 0.5) is 4.39 Å². The van der Waals surface area contributed by atoms with Gasteiger partial charge in [-0.05, 0) is 48.5 Å². The predicted molar refractivity (Wildman–Crippen MR) is 98.4 cm³/mol. The third-order valence-corrected chi connectivity index (χ3v) is 4.85. The van der Waals surface area contributed by atoms with E-state index < -0.39 is 0 Å². The van der Waals surface area contributed by atoms with Crippen LogP contribution >= 0.6 is 11.5 Å². The maximum absolute atomic E-state index is 13.9. The summed E-state index contributed by atoms with van der Waals surface area (Å²) >= 11 is 1.50. The van der Waals surface area contributed by atoms with E-state index >= 15 is 0 Å². The first-order valence-electron chi connectivity index (χ1n) is 7.79. The number of hydrogen-bond acceptors (Lipinski definition) is 2. The van der Waals surface area contributed by atoms with Crippen molar-refractivity contribution in [2.75, 3.05) is 0 Å². The van der Waals surface area contributed by atoms with E-state index in [0.29, 0.717) is 12.0 Å².